The maximum Gasteiger partial charge on any atom is 0.324 e. The maximum absolute atomic E-state index is 11.2. The monoisotopic (exact) mass is 328 g/mol. The molecule has 0 aliphatic heterocycles. The van der Waals surface area contributed by atoms with Crippen LogP contribution < -0.4 is 0 Å². The third kappa shape index (κ3) is 3.39. The van der Waals surface area contributed by atoms with Crippen LogP contribution in [0.1, 0.15) is 18.3 Å². The molecule has 21 heavy (non-hydrogen) atoms. The number of thiazole rings is 1. The summed E-state index contributed by atoms with van der Waals surface area (Å²) in [5, 5.41) is 26.1. The van der Waals surface area contributed by atoms with Crippen molar-refractivity contribution >= 4 is 34.8 Å². The Bertz CT molecular complexity index is 694. The summed E-state index contributed by atoms with van der Waals surface area (Å²) in [6.07, 6.45) is -0.161. The van der Waals surface area contributed by atoms with Gasteiger partial charge < -0.3 is 5.11 Å². The number of rotatable bonds is 6. The van der Waals surface area contributed by atoms with Gasteiger partial charge >= 0.3 is 11.7 Å². The molecule has 2 heterocycles. The van der Waals surface area contributed by atoms with Crippen LogP contribution in [0, 0.1) is 17.0 Å². The van der Waals surface area contributed by atoms with Gasteiger partial charge in [-0.25, -0.2) is 4.98 Å². The molecule has 0 unspecified atom stereocenters. The summed E-state index contributed by atoms with van der Waals surface area (Å²) in [5.41, 5.74) is 0.764. The van der Waals surface area contributed by atoms with Crippen LogP contribution in [0.15, 0.2) is 14.7 Å². The fraction of sp³-hybridized carbons (Fsp3) is 0.364. The molecule has 2 aromatic heterocycles. The van der Waals surface area contributed by atoms with E-state index in [1.807, 2.05) is 6.92 Å². The molecule has 0 spiro atoms. The molecule has 0 saturated heterocycles. The van der Waals surface area contributed by atoms with E-state index in [1.54, 1.807) is 17.0 Å². The highest BCUT2D eigenvalue weighted by atomic mass is 32.2. The van der Waals surface area contributed by atoms with Crippen LogP contribution in [-0.2, 0) is 17.8 Å². The molecule has 2 rings (SSSR count). The fourth-order valence-electron chi connectivity index (χ4n) is 1.73. The number of carboxylic acid groups (broad SMARTS) is 1. The van der Waals surface area contributed by atoms with E-state index < -0.39 is 10.9 Å². The van der Waals surface area contributed by atoms with Gasteiger partial charge in [0.2, 0.25) is 0 Å². The van der Waals surface area contributed by atoms with Gasteiger partial charge in [0.1, 0.15) is 5.69 Å². The predicted octanol–water partition coefficient (Wildman–Crippen LogP) is 2.35. The fourth-order valence-corrected chi connectivity index (χ4v) is 3.77. The number of aromatic nitrogens is 3. The number of nitro groups is 1. The van der Waals surface area contributed by atoms with Gasteiger partial charge in [0, 0.05) is 11.9 Å². The minimum Gasteiger partial charge on any atom is -0.481 e. The summed E-state index contributed by atoms with van der Waals surface area (Å²) in [6.45, 7) is 3.94. The third-order valence-corrected chi connectivity index (χ3v) is 4.66. The van der Waals surface area contributed by atoms with Crippen molar-refractivity contribution in [1.82, 2.24) is 14.8 Å². The van der Waals surface area contributed by atoms with Gasteiger partial charge in [-0.15, -0.1) is 11.3 Å². The van der Waals surface area contributed by atoms with Crippen LogP contribution in [-0.4, -0.2) is 30.8 Å². The van der Waals surface area contributed by atoms with E-state index in [-0.39, 0.29) is 12.1 Å². The van der Waals surface area contributed by atoms with Crippen molar-refractivity contribution in [1.29, 1.82) is 0 Å². The summed E-state index contributed by atoms with van der Waals surface area (Å²) < 4.78 is 2.11. The van der Waals surface area contributed by atoms with Crippen molar-refractivity contribution in [2.24, 2.45) is 0 Å². The molecule has 0 aliphatic rings. The van der Waals surface area contributed by atoms with Crippen LogP contribution in [0.2, 0.25) is 0 Å². The molecule has 112 valence electrons. The highest BCUT2D eigenvalue weighted by molar-refractivity contribution is 8.01. The molecule has 8 nitrogen and oxygen atoms in total. The topological polar surface area (TPSA) is 111 Å². The average molecular weight is 328 g/mol. The van der Waals surface area contributed by atoms with Crippen LogP contribution in [0.25, 0.3) is 0 Å². The lowest BCUT2D eigenvalue weighted by atomic mass is 10.3. The summed E-state index contributed by atoms with van der Waals surface area (Å²) in [7, 11) is 0. The highest BCUT2D eigenvalue weighted by Gasteiger charge is 2.26. The number of nitrogens with zero attached hydrogens (tertiary/aromatic N) is 4. The Hall–Kier alpha value is -1.94. The van der Waals surface area contributed by atoms with Crippen LogP contribution in [0.5, 0.6) is 0 Å². The SMILES string of the molecule is CCn1nc(C)c([N+](=O)[O-])c1Sc1nc(CC(=O)O)cs1. The molecule has 0 aliphatic carbocycles. The van der Waals surface area contributed by atoms with Crippen molar-refractivity contribution in [3.63, 3.8) is 0 Å². The van der Waals surface area contributed by atoms with E-state index >= 15 is 0 Å². The highest BCUT2D eigenvalue weighted by Crippen LogP contribution is 2.38. The Balaban J connectivity index is 2.32. The molecular formula is C11H12N4O4S2. The van der Waals surface area contributed by atoms with Gasteiger partial charge in [0.25, 0.3) is 0 Å². The number of aliphatic carboxylic acids is 1. The molecule has 1 N–H and O–H groups in total. The normalized spacial score (nSPS) is 10.8. The Morgan fingerprint density at radius 2 is 2.33 bits per heavy atom. The van der Waals surface area contributed by atoms with Gasteiger partial charge in [-0.1, -0.05) is 0 Å². The van der Waals surface area contributed by atoms with Crippen molar-refractivity contribution in [2.45, 2.75) is 36.2 Å². The summed E-state index contributed by atoms with van der Waals surface area (Å²) in [6, 6.07) is 0. The molecule has 0 aromatic carbocycles. The average Bonchev–Trinajstić information content (AvgIpc) is 2.93. The van der Waals surface area contributed by atoms with Gasteiger partial charge in [-0.3, -0.25) is 19.6 Å². The Morgan fingerprint density at radius 1 is 1.62 bits per heavy atom. The molecule has 0 bridgehead atoms. The lowest BCUT2D eigenvalue weighted by Gasteiger charge is -2.00. The first-order valence-corrected chi connectivity index (χ1v) is 7.67. The molecule has 0 radical (unpaired) electrons. The van der Waals surface area contributed by atoms with Gasteiger partial charge in [-0.2, -0.15) is 5.10 Å². The summed E-state index contributed by atoms with van der Waals surface area (Å²) in [5.74, 6) is -0.961. The first-order valence-electron chi connectivity index (χ1n) is 5.98. The van der Waals surface area contributed by atoms with E-state index in [0.29, 0.717) is 27.3 Å². The number of carbonyl (C=O) groups is 1. The third-order valence-electron chi connectivity index (χ3n) is 2.58. The van der Waals surface area contributed by atoms with Crippen molar-refractivity contribution in [2.75, 3.05) is 0 Å². The van der Waals surface area contributed by atoms with E-state index in [2.05, 4.69) is 10.1 Å². The van der Waals surface area contributed by atoms with Gasteiger partial charge in [0.15, 0.2) is 9.37 Å². The van der Waals surface area contributed by atoms with Crippen molar-refractivity contribution in [3.05, 3.63) is 26.9 Å². The van der Waals surface area contributed by atoms with E-state index in [9.17, 15) is 14.9 Å². The van der Waals surface area contributed by atoms with E-state index in [0.717, 1.165) is 11.8 Å². The number of hydrogen-bond donors (Lipinski definition) is 1. The Labute approximate surface area is 128 Å². The van der Waals surface area contributed by atoms with E-state index in [4.69, 9.17) is 5.11 Å². The zero-order valence-electron chi connectivity index (χ0n) is 11.3. The lowest BCUT2D eigenvalue weighted by molar-refractivity contribution is -0.388. The quantitative estimate of drug-likeness (QED) is 0.640. The minimum atomic E-state index is -0.961. The van der Waals surface area contributed by atoms with Gasteiger partial charge in [-0.05, 0) is 25.6 Å². The smallest absolute Gasteiger partial charge is 0.324 e. The molecule has 0 fully saturated rings. The largest absolute Gasteiger partial charge is 0.481 e. The van der Waals surface area contributed by atoms with Crippen LogP contribution >= 0.6 is 23.1 Å². The zero-order chi connectivity index (χ0) is 15.6. The second-order valence-corrected chi connectivity index (χ2v) is 6.18. The minimum absolute atomic E-state index is 0.0307. The Kier molecular flexibility index (Phi) is 4.58. The molecule has 10 heteroatoms. The van der Waals surface area contributed by atoms with Crippen molar-refractivity contribution < 1.29 is 14.8 Å². The second-order valence-electron chi connectivity index (χ2n) is 4.09. The predicted molar refractivity (Wildman–Crippen MR) is 76.9 cm³/mol. The Morgan fingerprint density at radius 3 is 2.90 bits per heavy atom. The van der Waals surface area contributed by atoms with Crippen LogP contribution in [0.4, 0.5) is 5.69 Å². The number of carboxylic acids is 1. The number of hydrogen-bond acceptors (Lipinski definition) is 7. The molecule has 0 saturated carbocycles. The van der Waals surface area contributed by atoms with Gasteiger partial charge in [0.05, 0.1) is 17.0 Å². The number of aryl methyl sites for hydroxylation is 2. The first-order chi connectivity index (χ1) is 9.92. The zero-order valence-corrected chi connectivity index (χ0v) is 12.9. The molecule has 0 amide bonds. The van der Waals surface area contributed by atoms with Crippen LogP contribution in [0.3, 0.4) is 0 Å². The summed E-state index contributed by atoms with van der Waals surface area (Å²) >= 11 is 2.40. The molecule has 2 aromatic rings. The molecular weight excluding hydrogens is 316 g/mol. The van der Waals surface area contributed by atoms with Crippen molar-refractivity contribution in [3.8, 4) is 0 Å². The standard InChI is InChI=1S/C11H12N4O4S2/c1-3-14-10(9(15(18)19)6(2)13-14)21-11-12-7(5-20-11)4-8(16)17/h5H,3-4H2,1-2H3,(H,16,17). The second kappa shape index (κ2) is 6.22. The summed E-state index contributed by atoms with van der Waals surface area (Å²) in [4.78, 5) is 25.5. The molecule has 0 atom stereocenters. The lowest BCUT2D eigenvalue weighted by Crippen LogP contribution is -2.00. The maximum atomic E-state index is 11.2. The van der Waals surface area contributed by atoms with E-state index in [1.165, 1.54) is 11.3 Å². The first kappa shape index (κ1) is 15.4.